The standard InChI is InChI=1S/C28H41F3N2O3/c1-25(35)11-12-27(13-15-36-3)18(16-25)4-5-19-20-6-7-22(26(20,2)10-8-21(19)27)23(34)17-33-14-9-24(32-33)28(29,30)31/h9,14,18-22,35H,4-8,10-13,15-17H2,1-3H3/t18-,19-,20-,21-,22+,25+,26-,27+/m0/s1. The molecular formula is C28H41F3N2O3. The summed E-state index contributed by atoms with van der Waals surface area (Å²) in [5.74, 6) is 2.04. The van der Waals surface area contributed by atoms with Gasteiger partial charge in [0.25, 0.3) is 0 Å². The monoisotopic (exact) mass is 510 g/mol. The average Bonchev–Trinajstić information content (AvgIpc) is 3.41. The second-order valence-electron chi connectivity index (χ2n) is 12.9. The molecule has 1 aromatic heterocycles. The Bertz CT molecular complexity index is 975. The van der Waals surface area contributed by atoms with E-state index < -0.39 is 17.5 Å². The highest BCUT2D eigenvalue weighted by Gasteiger charge is 2.62. The van der Waals surface area contributed by atoms with Crippen molar-refractivity contribution in [2.24, 2.45) is 40.4 Å². The lowest BCUT2D eigenvalue weighted by Crippen LogP contribution is -2.57. The summed E-state index contributed by atoms with van der Waals surface area (Å²) in [6.45, 7) is 4.91. The molecule has 4 aliphatic carbocycles. The smallest absolute Gasteiger partial charge is 0.390 e. The molecule has 1 N–H and O–H groups in total. The lowest BCUT2D eigenvalue weighted by molar-refractivity contribution is -0.163. The number of Topliss-reactive ketones (excluding diaryl/α,β-unsaturated/α-hetero) is 1. The summed E-state index contributed by atoms with van der Waals surface area (Å²) in [6, 6.07) is 0.942. The zero-order valence-electron chi connectivity index (χ0n) is 21.8. The molecule has 0 spiro atoms. The van der Waals surface area contributed by atoms with Crippen molar-refractivity contribution in [2.75, 3.05) is 13.7 Å². The molecule has 4 saturated carbocycles. The first-order valence-corrected chi connectivity index (χ1v) is 13.7. The molecule has 0 radical (unpaired) electrons. The molecule has 0 unspecified atom stereocenters. The van der Waals surface area contributed by atoms with Gasteiger partial charge in [-0.2, -0.15) is 18.3 Å². The van der Waals surface area contributed by atoms with Crippen molar-refractivity contribution in [2.45, 2.75) is 96.4 Å². The van der Waals surface area contributed by atoms with E-state index in [4.69, 9.17) is 4.74 Å². The number of alkyl halides is 3. The molecular weight excluding hydrogens is 469 g/mol. The molecule has 36 heavy (non-hydrogen) atoms. The minimum atomic E-state index is -4.50. The zero-order valence-corrected chi connectivity index (χ0v) is 21.8. The van der Waals surface area contributed by atoms with Gasteiger partial charge >= 0.3 is 6.18 Å². The Morgan fingerprint density at radius 1 is 1.14 bits per heavy atom. The van der Waals surface area contributed by atoms with Crippen LogP contribution in [-0.2, 0) is 22.3 Å². The number of carbonyl (C=O) groups is 1. The third kappa shape index (κ3) is 4.34. The fourth-order valence-corrected chi connectivity index (χ4v) is 9.42. The quantitative estimate of drug-likeness (QED) is 0.518. The first kappa shape index (κ1) is 26.2. The number of ketones is 1. The highest BCUT2D eigenvalue weighted by Crippen LogP contribution is 2.69. The molecule has 202 valence electrons. The van der Waals surface area contributed by atoms with Crippen LogP contribution in [0.4, 0.5) is 13.2 Å². The van der Waals surface area contributed by atoms with E-state index in [2.05, 4.69) is 12.0 Å². The number of halogens is 3. The fourth-order valence-electron chi connectivity index (χ4n) is 9.42. The SMILES string of the molecule is COCC[C@]12CC[C@@](C)(O)C[C@@H]1CC[C@H]1[C@@H]3CC[C@H](C(=O)Cn4ccc(C(F)(F)F)n4)[C@@]3(C)CC[C@@H]12. The summed E-state index contributed by atoms with van der Waals surface area (Å²) in [4.78, 5) is 13.4. The molecule has 0 aromatic carbocycles. The molecule has 1 aromatic rings. The van der Waals surface area contributed by atoms with Crippen LogP contribution in [0.25, 0.3) is 0 Å². The summed E-state index contributed by atoms with van der Waals surface area (Å²) in [7, 11) is 1.77. The third-order valence-corrected chi connectivity index (χ3v) is 11.1. The first-order chi connectivity index (χ1) is 16.9. The Morgan fingerprint density at radius 3 is 2.61 bits per heavy atom. The number of fused-ring (bicyclic) bond motifs is 5. The van der Waals surface area contributed by atoms with E-state index in [1.807, 2.05) is 6.92 Å². The summed E-state index contributed by atoms with van der Waals surface area (Å²) in [5.41, 5.74) is -1.43. The van der Waals surface area contributed by atoms with E-state index in [-0.39, 0.29) is 29.1 Å². The van der Waals surface area contributed by atoms with E-state index in [1.165, 1.54) is 6.20 Å². The van der Waals surface area contributed by atoms with Crippen LogP contribution in [0.1, 0.15) is 83.7 Å². The van der Waals surface area contributed by atoms with Gasteiger partial charge in [-0.15, -0.1) is 0 Å². The van der Waals surface area contributed by atoms with Gasteiger partial charge in [-0.25, -0.2) is 0 Å². The normalized spacial score (nSPS) is 42.5. The van der Waals surface area contributed by atoms with Gasteiger partial charge in [-0.3, -0.25) is 9.48 Å². The van der Waals surface area contributed by atoms with Crippen molar-refractivity contribution < 1.29 is 27.8 Å². The van der Waals surface area contributed by atoms with Gasteiger partial charge in [0, 0.05) is 25.8 Å². The van der Waals surface area contributed by atoms with Gasteiger partial charge in [0.05, 0.1) is 12.1 Å². The number of carbonyl (C=O) groups excluding carboxylic acids is 1. The van der Waals surface area contributed by atoms with Gasteiger partial charge in [0.15, 0.2) is 11.5 Å². The topological polar surface area (TPSA) is 64.3 Å². The molecule has 4 aliphatic rings. The van der Waals surface area contributed by atoms with Crippen molar-refractivity contribution in [3.63, 3.8) is 0 Å². The predicted molar refractivity (Wildman–Crippen MR) is 129 cm³/mol. The Balaban J connectivity index is 1.34. The molecule has 0 bridgehead atoms. The number of methoxy groups -OCH3 is 1. The van der Waals surface area contributed by atoms with Gasteiger partial charge in [-0.1, -0.05) is 6.92 Å². The van der Waals surface area contributed by atoms with Gasteiger partial charge in [-0.05, 0) is 112 Å². The lowest BCUT2D eigenvalue weighted by Gasteiger charge is -2.63. The molecule has 0 saturated heterocycles. The van der Waals surface area contributed by atoms with Crippen LogP contribution < -0.4 is 0 Å². The largest absolute Gasteiger partial charge is 0.435 e. The average molecular weight is 511 g/mol. The molecule has 8 heteroatoms. The Kier molecular flexibility index (Phi) is 6.63. The Morgan fingerprint density at radius 2 is 1.92 bits per heavy atom. The number of hydrogen-bond donors (Lipinski definition) is 1. The van der Waals surface area contributed by atoms with Crippen molar-refractivity contribution in [3.05, 3.63) is 18.0 Å². The highest BCUT2D eigenvalue weighted by molar-refractivity contribution is 5.82. The van der Waals surface area contributed by atoms with Crippen LogP contribution in [-0.4, -0.2) is 40.0 Å². The minimum absolute atomic E-state index is 0.0202. The van der Waals surface area contributed by atoms with E-state index in [0.29, 0.717) is 23.7 Å². The van der Waals surface area contributed by atoms with Crippen LogP contribution in [0, 0.1) is 40.4 Å². The number of ether oxygens (including phenoxy) is 1. The molecule has 4 fully saturated rings. The van der Waals surface area contributed by atoms with E-state index in [0.717, 1.165) is 81.6 Å². The maximum atomic E-state index is 13.4. The van der Waals surface area contributed by atoms with Crippen LogP contribution in [0.15, 0.2) is 12.3 Å². The van der Waals surface area contributed by atoms with Crippen LogP contribution in [0.5, 0.6) is 0 Å². The second-order valence-corrected chi connectivity index (χ2v) is 12.9. The Hall–Kier alpha value is -1.41. The predicted octanol–water partition coefficient (Wildman–Crippen LogP) is 5.90. The van der Waals surface area contributed by atoms with Crippen LogP contribution in [0.2, 0.25) is 0 Å². The van der Waals surface area contributed by atoms with E-state index in [1.54, 1.807) is 7.11 Å². The fraction of sp³-hybridized carbons (Fsp3) is 0.857. The van der Waals surface area contributed by atoms with Crippen molar-refractivity contribution in [1.29, 1.82) is 0 Å². The molecule has 5 nitrogen and oxygen atoms in total. The summed E-state index contributed by atoms with van der Waals surface area (Å²) >= 11 is 0. The molecule has 0 aliphatic heterocycles. The summed E-state index contributed by atoms with van der Waals surface area (Å²) < 4.78 is 45.6. The number of nitrogens with zero attached hydrogens (tertiary/aromatic N) is 2. The summed E-state index contributed by atoms with van der Waals surface area (Å²) in [6.07, 6.45) is 6.74. The number of aliphatic hydroxyl groups is 1. The van der Waals surface area contributed by atoms with E-state index >= 15 is 0 Å². The van der Waals surface area contributed by atoms with Crippen LogP contribution in [0.3, 0.4) is 0 Å². The Labute approximate surface area is 212 Å². The van der Waals surface area contributed by atoms with E-state index in [9.17, 15) is 23.1 Å². The number of aromatic nitrogens is 2. The highest BCUT2D eigenvalue weighted by atomic mass is 19.4. The maximum absolute atomic E-state index is 13.4. The van der Waals surface area contributed by atoms with Crippen LogP contribution >= 0.6 is 0 Å². The van der Waals surface area contributed by atoms with Gasteiger partial charge in [0.2, 0.25) is 0 Å². The molecule has 8 atom stereocenters. The van der Waals surface area contributed by atoms with Crippen molar-refractivity contribution in [3.8, 4) is 0 Å². The molecule has 0 amide bonds. The minimum Gasteiger partial charge on any atom is -0.390 e. The van der Waals surface area contributed by atoms with Crippen molar-refractivity contribution in [1.82, 2.24) is 9.78 Å². The molecule has 1 heterocycles. The van der Waals surface area contributed by atoms with Gasteiger partial charge < -0.3 is 9.84 Å². The third-order valence-electron chi connectivity index (χ3n) is 11.1. The first-order valence-electron chi connectivity index (χ1n) is 13.7. The number of hydrogen-bond acceptors (Lipinski definition) is 4. The summed E-state index contributed by atoms with van der Waals surface area (Å²) in [5, 5.41) is 14.5. The zero-order chi connectivity index (χ0) is 25.9. The van der Waals surface area contributed by atoms with Gasteiger partial charge in [0.1, 0.15) is 0 Å². The number of rotatable bonds is 6. The lowest BCUT2D eigenvalue weighted by atomic mass is 9.42. The maximum Gasteiger partial charge on any atom is 0.435 e. The second kappa shape index (κ2) is 9.11. The molecule has 5 rings (SSSR count). The van der Waals surface area contributed by atoms with Crippen molar-refractivity contribution >= 4 is 5.78 Å².